The minimum absolute atomic E-state index is 0.132. The molecule has 278 valence electrons. The van der Waals surface area contributed by atoms with Gasteiger partial charge >= 0.3 is 0 Å². The van der Waals surface area contributed by atoms with Crippen LogP contribution >= 0.6 is 0 Å². The van der Waals surface area contributed by atoms with Gasteiger partial charge in [0, 0.05) is 22.5 Å². The fourth-order valence-electron chi connectivity index (χ4n) is 10.9. The summed E-state index contributed by atoms with van der Waals surface area (Å²) in [4.78, 5) is 2.48. The monoisotopic (exact) mass is 751 g/mol. The molecule has 12 rings (SSSR count). The van der Waals surface area contributed by atoms with E-state index in [1.54, 1.807) is 0 Å². The van der Waals surface area contributed by atoms with Crippen molar-refractivity contribution in [2.24, 2.45) is 0 Å². The number of rotatable bonds is 4. The quantitative estimate of drug-likeness (QED) is 0.173. The molecule has 9 aromatic rings. The normalized spacial score (nSPS) is 14.2. The minimum Gasteiger partial charge on any atom is -0.310 e. The highest BCUT2D eigenvalue weighted by molar-refractivity contribution is 5.98. The Balaban J connectivity index is 1.15. The number of benzene rings is 9. The molecule has 0 saturated carbocycles. The SMILES string of the molecule is CC1(C)c2ccccc2-c2ccc(N(c3ccc(-c4ccccc4)cc3)c3ccc4c(c3)C3(c5ccccc5-c5ccccc5-4)c4ccccc4-c4ccccc43)cc21. The van der Waals surface area contributed by atoms with Gasteiger partial charge in [-0.25, -0.2) is 0 Å². The van der Waals surface area contributed by atoms with E-state index in [1.807, 2.05) is 0 Å². The molecule has 0 aliphatic heterocycles. The van der Waals surface area contributed by atoms with Gasteiger partial charge in [-0.05, 0) is 125 Å². The van der Waals surface area contributed by atoms with Gasteiger partial charge in [-0.1, -0.05) is 190 Å². The molecule has 0 fully saturated rings. The lowest BCUT2D eigenvalue weighted by Gasteiger charge is -2.36. The third-order valence-corrected chi connectivity index (χ3v) is 13.5. The van der Waals surface area contributed by atoms with E-state index in [-0.39, 0.29) is 5.41 Å². The minimum atomic E-state index is -0.557. The lowest BCUT2D eigenvalue weighted by Crippen LogP contribution is -2.29. The van der Waals surface area contributed by atoms with Gasteiger partial charge in [0.25, 0.3) is 0 Å². The second-order valence-corrected chi connectivity index (χ2v) is 16.8. The zero-order valence-corrected chi connectivity index (χ0v) is 33.2. The molecule has 0 heterocycles. The van der Waals surface area contributed by atoms with Gasteiger partial charge in [-0.2, -0.15) is 0 Å². The van der Waals surface area contributed by atoms with Crippen molar-refractivity contribution in [2.75, 3.05) is 4.90 Å². The highest BCUT2D eigenvalue weighted by atomic mass is 15.1. The van der Waals surface area contributed by atoms with Crippen LogP contribution in [0.25, 0.3) is 55.6 Å². The second kappa shape index (κ2) is 12.6. The molecule has 0 amide bonds. The van der Waals surface area contributed by atoms with Crippen LogP contribution < -0.4 is 4.90 Å². The van der Waals surface area contributed by atoms with E-state index in [4.69, 9.17) is 0 Å². The maximum absolute atomic E-state index is 2.52. The average Bonchev–Trinajstić information content (AvgIpc) is 3.68. The molecule has 1 spiro atoms. The Bertz CT molecular complexity index is 3090. The van der Waals surface area contributed by atoms with Crippen LogP contribution in [-0.4, -0.2) is 0 Å². The first kappa shape index (κ1) is 33.9. The van der Waals surface area contributed by atoms with Gasteiger partial charge in [0.2, 0.25) is 0 Å². The van der Waals surface area contributed by atoms with Crippen LogP contribution in [0.15, 0.2) is 212 Å². The number of fused-ring (bicyclic) bond motifs is 15. The van der Waals surface area contributed by atoms with Crippen LogP contribution in [0, 0.1) is 0 Å². The van der Waals surface area contributed by atoms with Crippen molar-refractivity contribution in [2.45, 2.75) is 24.7 Å². The molecular formula is C58H41N. The largest absolute Gasteiger partial charge is 0.310 e. The Kier molecular flexibility index (Phi) is 7.26. The smallest absolute Gasteiger partial charge is 0.0726 e. The average molecular weight is 752 g/mol. The lowest BCUT2D eigenvalue weighted by molar-refractivity contribution is 0.660. The molecule has 3 aliphatic carbocycles. The fraction of sp³-hybridized carbons (Fsp3) is 0.0690. The van der Waals surface area contributed by atoms with Gasteiger partial charge in [-0.3, -0.25) is 0 Å². The zero-order chi connectivity index (χ0) is 39.3. The number of anilines is 3. The van der Waals surface area contributed by atoms with Gasteiger partial charge in [0.15, 0.2) is 0 Å². The maximum atomic E-state index is 2.52. The highest BCUT2D eigenvalue weighted by Crippen LogP contribution is 2.62. The van der Waals surface area contributed by atoms with E-state index >= 15 is 0 Å². The van der Waals surface area contributed by atoms with Crippen molar-refractivity contribution in [3.63, 3.8) is 0 Å². The summed E-state index contributed by atoms with van der Waals surface area (Å²) in [5.74, 6) is 0. The Morgan fingerprint density at radius 1 is 0.271 bits per heavy atom. The Labute approximate surface area is 346 Å². The molecule has 0 N–H and O–H groups in total. The van der Waals surface area contributed by atoms with Gasteiger partial charge in [0.05, 0.1) is 5.41 Å². The molecule has 0 unspecified atom stereocenters. The van der Waals surface area contributed by atoms with E-state index in [0.717, 1.165) is 17.1 Å². The molecule has 0 bridgehead atoms. The number of nitrogens with zero attached hydrogens (tertiary/aromatic N) is 1. The third-order valence-electron chi connectivity index (χ3n) is 13.5. The second-order valence-electron chi connectivity index (χ2n) is 16.8. The molecule has 0 atom stereocenters. The van der Waals surface area contributed by atoms with Crippen molar-refractivity contribution in [3.05, 3.63) is 246 Å². The predicted molar refractivity (Wildman–Crippen MR) is 246 cm³/mol. The van der Waals surface area contributed by atoms with Crippen molar-refractivity contribution in [1.82, 2.24) is 0 Å². The van der Waals surface area contributed by atoms with Crippen LogP contribution in [-0.2, 0) is 10.8 Å². The molecule has 59 heavy (non-hydrogen) atoms. The first-order valence-corrected chi connectivity index (χ1v) is 20.8. The Morgan fingerprint density at radius 2 is 0.627 bits per heavy atom. The summed E-state index contributed by atoms with van der Waals surface area (Å²) in [6.45, 7) is 4.74. The number of hydrogen-bond donors (Lipinski definition) is 0. The van der Waals surface area contributed by atoms with E-state index in [2.05, 4.69) is 231 Å². The van der Waals surface area contributed by atoms with E-state index in [1.165, 1.54) is 89.0 Å². The van der Waals surface area contributed by atoms with E-state index in [0.29, 0.717) is 0 Å². The van der Waals surface area contributed by atoms with Crippen LogP contribution in [0.5, 0.6) is 0 Å². The van der Waals surface area contributed by atoms with E-state index in [9.17, 15) is 0 Å². The van der Waals surface area contributed by atoms with E-state index < -0.39 is 5.41 Å². The van der Waals surface area contributed by atoms with Crippen LogP contribution in [0.4, 0.5) is 17.1 Å². The van der Waals surface area contributed by atoms with Crippen molar-refractivity contribution >= 4 is 17.1 Å². The molecule has 1 heteroatoms. The third kappa shape index (κ3) is 4.73. The molecule has 0 aromatic heterocycles. The summed E-state index contributed by atoms with van der Waals surface area (Å²) in [7, 11) is 0. The van der Waals surface area contributed by atoms with Crippen LogP contribution in [0.2, 0.25) is 0 Å². The molecule has 0 saturated heterocycles. The topological polar surface area (TPSA) is 3.24 Å². The molecule has 9 aromatic carbocycles. The van der Waals surface area contributed by atoms with Gasteiger partial charge < -0.3 is 4.90 Å². The lowest BCUT2D eigenvalue weighted by atomic mass is 9.66. The zero-order valence-electron chi connectivity index (χ0n) is 33.2. The van der Waals surface area contributed by atoms with Crippen molar-refractivity contribution in [3.8, 4) is 55.6 Å². The molecular weight excluding hydrogens is 711 g/mol. The van der Waals surface area contributed by atoms with Gasteiger partial charge in [-0.15, -0.1) is 0 Å². The van der Waals surface area contributed by atoms with Crippen molar-refractivity contribution in [1.29, 1.82) is 0 Å². The highest BCUT2D eigenvalue weighted by Gasteiger charge is 2.50. The maximum Gasteiger partial charge on any atom is 0.0726 e. The summed E-state index contributed by atoms with van der Waals surface area (Å²) >= 11 is 0. The van der Waals surface area contributed by atoms with Crippen LogP contribution in [0.3, 0.4) is 0 Å². The molecule has 0 radical (unpaired) electrons. The fourth-order valence-corrected chi connectivity index (χ4v) is 10.9. The summed E-state index contributed by atoms with van der Waals surface area (Å²) in [6.07, 6.45) is 0. The summed E-state index contributed by atoms with van der Waals surface area (Å²) < 4.78 is 0. The summed E-state index contributed by atoms with van der Waals surface area (Å²) in [5, 5.41) is 0. The Hall–Kier alpha value is -7.22. The molecule has 3 aliphatic rings. The first-order chi connectivity index (χ1) is 29.0. The van der Waals surface area contributed by atoms with Crippen LogP contribution in [0.1, 0.15) is 47.2 Å². The molecule has 1 nitrogen and oxygen atoms in total. The summed E-state index contributed by atoms with van der Waals surface area (Å²) in [6, 6.07) is 79.5. The Morgan fingerprint density at radius 3 is 1.17 bits per heavy atom. The van der Waals surface area contributed by atoms with Gasteiger partial charge in [0.1, 0.15) is 0 Å². The predicted octanol–water partition coefficient (Wildman–Crippen LogP) is 15.1. The summed E-state index contributed by atoms with van der Waals surface area (Å²) in [5.41, 5.74) is 23.5. The first-order valence-electron chi connectivity index (χ1n) is 20.8. The number of hydrogen-bond acceptors (Lipinski definition) is 1. The van der Waals surface area contributed by atoms with Crippen molar-refractivity contribution < 1.29 is 0 Å². The standard InChI is InChI=1S/C58H41N/c1-57(2)51-24-12-8-21-46(51)50-35-33-41(36-55(50)57)59(40-30-28-39(29-31-40)38-16-4-3-5-17-38)42-32-34-49-44-19-7-6-18-43(44)45-20-9-13-25-52(45)58(56(49)37-42)53-26-14-10-22-47(53)48-23-11-15-27-54(48)58/h3-37H,1-2H3.